The molecule has 0 aromatic heterocycles. The van der Waals surface area contributed by atoms with E-state index in [1.165, 1.54) is 12.1 Å². The minimum Gasteiger partial charge on any atom is -0.381 e. The molecule has 1 N–H and O–H groups in total. The van der Waals surface area contributed by atoms with Gasteiger partial charge >= 0.3 is 0 Å². The van der Waals surface area contributed by atoms with Crippen LogP contribution in [0.5, 0.6) is 0 Å². The number of sulfonamides is 1. The molecule has 8 heteroatoms. The summed E-state index contributed by atoms with van der Waals surface area (Å²) in [5.41, 5.74) is 0.379. The van der Waals surface area contributed by atoms with E-state index in [0.29, 0.717) is 23.1 Å². The van der Waals surface area contributed by atoms with Crippen molar-refractivity contribution in [3.05, 3.63) is 28.2 Å². The number of nitrogens with one attached hydrogen (secondary N) is 1. The number of halogens is 1. The van der Waals surface area contributed by atoms with Crippen LogP contribution in [-0.4, -0.2) is 51.6 Å². The third-order valence-corrected chi connectivity index (χ3v) is 6.65. The van der Waals surface area contributed by atoms with Crippen molar-refractivity contribution in [3.8, 4) is 0 Å². The molecule has 6 nitrogen and oxygen atoms in total. The lowest BCUT2D eigenvalue weighted by atomic mass is 10.1. The normalized spacial score (nSPS) is 19.5. The van der Waals surface area contributed by atoms with Gasteiger partial charge in [-0.1, -0.05) is 0 Å². The topological polar surface area (TPSA) is 75.7 Å². The van der Waals surface area contributed by atoms with E-state index < -0.39 is 10.0 Å². The van der Waals surface area contributed by atoms with Crippen LogP contribution in [0.15, 0.2) is 27.6 Å². The van der Waals surface area contributed by atoms with Crippen molar-refractivity contribution in [1.29, 1.82) is 0 Å². The van der Waals surface area contributed by atoms with Crippen LogP contribution in [0.2, 0.25) is 0 Å². The number of carbonyl (C=O) groups is 1. The van der Waals surface area contributed by atoms with E-state index >= 15 is 0 Å². The fourth-order valence-corrected chi connectivity index (χ4v) is 4.54. The molecule has 1 aromatic rings. The van der Waals surface area contributed by atoms with Crippen LogP contribution in [0, 0.1) is 0 Å². The summed E-state index contributed by atoms with van der Waals surface area (Å²) in [4.78, 5) is 14.7. The second kappa shape index (κ2) is 7.11. The minimum absolute atomic E-state index is 0.0332. The molecule has 0 atom stereocenters. The summed E-state index contributed by atoms with van der Waals surface area (Å²) in [6, 6.07) is 4.63. The molecule has 0 bridgehead atoms. The van der Waals surface area contributed by atoms with Crippen molar-refractivity contribution in [2.75, 3.05) is 20.2 Å². The fourth-order valence-electron chi connectivity index (χ4n) is 2.79. The number of carbonyl (C=O) groups excluding carboxylic acids is 1. The number of rotatable bonds is 5. The second-order valence-corrected chi connectivity index (χ2v) is 8.83. The van der Waals surface area contributed by atoms with Crippen LogP contribution in [0.4, 0.5) is 0 Å². The molecule has 2 aliphatic rings. The lowest BCUT2D eigenvalue weighted by Crippen LogP contribution is -2.40. The zero-order valence-electron chi connectivity index (χ0n) is 13.5. The number of nitrogens with zero attached hydrogens (tertiary/aromatic N) is 1. The quantitative estimate of drug-likeness (QED) is 0.797. The van der Waals surface area contributed by atoms with Crippen LogP contribution >= 0.6 is 15.9 Å². The Hall–Kier alpha value is -0.960. The molecule has 1 heterocycles. The highest BCUT2D eigenvalue weighted by molar-refractivity contribution is 9.10. The Morgan fingerprint density at radius 2 is 1.92 bits per heavy atom. The van der Waals surface area contributed by atoms with Gasteiger partial charge in [0.05, 0.1) is 16.6 Å². The third kappa shape index (κ3) is 3.99. The van der Waals surface area contributed by atoms with Gasteiger partial charge in [0, 0.05) is 30.7 Å². The maximum absolute atomic E-state index is 12.8. The smallest absolute Gasteiger partial charge is 0.255 e. The Bertz CT molecular complexity index is 726. The summed E-state index contributed by atoms with van der Waals surface area (Å²) in [7, 11) is -1.89. The fraction of sp³-hybridized carbons (Fsp3) is 0.562. The number of benzene rings is 1. The molecule has 1 aliphatic carbocycles. The number of hydrogen-bond donors (Lipinski definition) is 1. The number of piperidine rings is 1. The second-order valence-electron chi connectivity index (χ2n) is 6.26. The first-order valence-electron chi connectivity index (χ1n) is 8.04. The van der Waals surface area contributed by atoms with Gasteiger partial charge in [-0.2, -0.15) is 0 Å². The molecule has 0 spiro atoms. The van der Waals surface area contributed by atoms with Crippen molar-refractivity contribution in [1.82, 2.24) is 9.62 Å². The van der Waals surface area contributed by atoms with Gasteiger partial charge < -0.3 is 9.64 Å². The molecular weight excluding hydrogens is 396 g/mol. The number of likely N-dealkylation sites (tertiary alicyclic amines) is 1. The van der Waals surface area contributed by atoms with Crippen molar-refractivity contribution in [2.45, 2.75) is 42.7 Å². The lowest BCUT2D eigenvalue weighted by molar-refractivity contribution is 0.0350. The van der Waals surface area contributed by atoms with Crippen molar-refractivity contribution < 1.29 is 17.9 Å². The molecule has 1 amide bonds. The highest BCUT2D eigenvalue weighted by Gasteiger charge is 2.30. The predicted molar refractivity (Wildman–Crippen MR) is 93.4 cm³/mol. The predicted octanol–water partition coefficient (Wildman–Crippen LogP) is 2.14. The van der Waals surface area contributed by atoms with Crippen LogP contribution in [-0.2, 0) is 14.8 Å². The molecule has 1 saturated carbocycles. The third-order valence-electron chi connectivity index (χ3n) is 4.44. The number of ether oxygens (including phenoxy) is 1. The standard InChI is InChI=1S/C16H21BrN2O4S/c1-23-12-6-8-19(9-7-12)16(20)14-10-13(4-5-15(14)17)24(21,22)18-11-2-3-11/h4-5,10-12,18H,2-3,6-9H2,1H3. The van der Waals surface area contributed by atoms with Gasteiger partial charge in [-0.15, -0.1) is 0 Å². The van der Waals surface area contributed by atoms with Gasteiger partial charge in [0.2, 0.25) is 10.0 Å². The van der Waals surface area contributed by atoms with Crippen molar-refractivity contribution >= 4 is 31.9 Å². The van der Waals surface area contributed by atoms with E-state index in [4.69, 9.17) is 4.74 Å². The summed E-state index contributed by atoms with van der Waals surface area (Å²) in [6.45, 7) is 1.22. The van der Waals surface area contributed by atoms with E-state index in [-0.39, 0.29) is 22.9 Å². The molecule has 1 aliphatic heterocycles. The Labute approximate surface area is 150 Å². The van der Waals surface area contributed by atoms with Gasteiger partial charge in [0.15, 0.2) is 0 Å². The minimum atomic E-state index is -3.57. The molecule has 24 heavy (non-hydrogen) atoms. The average molecular weight is 417 g/mol. The first-order chi connectivity index (χ1) is 11.4. The van der Waals surface area contributed by atoms with Crippen molar-refractivity contribution in [3.63, 3.8) is 0 Å². The highest BCUT2D eigenvalue weighted by Crippen LogP contribution is 2.26. The van der Waals surface area contributed by atoms with Gasteiger partial charge in [0.25, 0.3) is 5.91 Å². The van der Waals surface area contributed by atoms with Gasteiger partial charge in [-0.05, 0) is 59.8 Å². The van der Waals surface area contributed by atoms with E-state index in [0.717, 1.165) is 25.7 Å². The number of methoxy groups -OCH3 is 1. The zero-order valence-corrected chi connectivity index (χ0v) is 15.9. The van der Waals surface area contributed by atoms with E-state index in [9.17, 15) is 13.2 Å². The SMILES string of the molecule is COC1CCN(C(=O)c2cc(S(=O)(=O)NC3CC3)ccc2Br)CC1. The maximum atomic E-state index is 12.8. The first kappa shape index (κ1) is 17.8. The van der Waals surface area contributed by atoms with Crippen LogP contribution in [0.3, 0.4) is 0 Å². The maximum Gasteiger partial charge on any atom is 0.255 e. The first-order valence-corrected chi connectivity index (χ1v) is 10.3. The Morgan fingerprint density at radius 3 is 2.50 bits per heavy atom. The Balaban J connectivity index is 1.79. The molecule has 3 rings (SSSR count). The van der Waals surface area contributed by atoms with E-state index in [1.807, 2.05) is 0 Å². The summed E-state index contributed by atoms with van der Waals surface area (Å²) < 4.78 is 33.3. The Morgan fingerprint density at radius 1 is 1.25 bits per heavy atom. The van der Waals surface area contributed by atoms with Crippen LogP contribution in [0.1, 0.15) is 36.0 Å². The molecule has 0 unspecified atom stereocenters. The summed E-state index contributed by atoms with van der Waals surface area (Å²) in [5.74, 6) is -0.153. The largest absolute Gasteiger partial charge is 0.381 e. The highest BCUT2D eigenvalue weighted by atomic mass is 79.9. The average Bonchev–Trinajstić information content (AvgIpc) is 3.38. The number of amides is 1. The van der Waals surface area contributed by atoms with Gasteiger partial charge in [0.1, 0.15) is 0 Å². The zero-order chi connectivity index (χ0) is 17.3. The monoisotopic (exact) mass is 416 g/mol. The molecule has 1 aromatic carbocycles. The van der Waals surface area contributed by atoms with Gasteiger partial charge in [-0.3, -0.25) is 4.79 Å². The van der Waals surface area contributed by atoms with Crippen LogP contribution < -0.4 is 4.72 Å². The summed E-state index contributed by atoms with van der Waals surface area (Å²) in [6.07, 6.45) is 3.51. The van der Waals surface area contributed by atoms with E-state index in [2.05, 4.69) is 20.7 Å². The molecule has 0 radical (unpaired) electrons. The lowest BCUT2D eigenvalue weighted by Gasteiger charge is -2.31. The summed E-state index contributed by atoms with van der Waals surface area (Å²) >= 11 is 3.37. The summed E-state index contributed by atoms with van der Waals surface area (Å²) in [5, 5.41) is 0. The van der Waals surface area contributed by atoms with Gasteiger partial charge in [-0.25, -0.2) is 13.1 Å². The van der Waals surface area contributed by atoms with E-state index in [1.54, 1.807) is 18.1 Å². The number of hydrogen-bond acceptors (Lipinski definition) is 4. The molecule has 132 valence electrons. The van der Waals surface area contributed by atoms with Crippen molar-refractivity contribution in [2.24, 2.45) is 0 Å². The Kier molecular flexibility index (Phi) is 5.29. The van der Waals surface area contributed by atoms with Crippen LogP contribution in [0.25, 0.3) is 0 Å². The molecular formula is C16H21BrN2O4S. The molecule has 1 saturated heterocycles. The molecule has 2 fully saturated rings.